The molecule has 1 N–H and O–H groups in total. The van der Waals surface area contributed by atoms with Gasteiger partial charge in [0.15, 0.2) is 0 Å². The van der Waals surface area contributed by atoms with Gasteiger partial charge in [0.05, 0.1) is 5.60 Å². The maximum atomic E-state index is 6.17. The summed E-state index contributed by atoms with van der Waals surface area (Å²) in [6.45, 7) is 5.35. The zero-order valence-corrected chi connectivity index (χ0v) is 13.2. The lowest BCUT2D eigenvalue weighted by Gasteiger charge is -2.45. The van der Waals surface area contributed by atoms with Crippen LogP contribution in [0.4, 0.5) is 0 Å². The van der Waals surface area contributed by atoms with Gasteiger partial charge in [-0.1, -0.05) is 0 Å². The van der Waals surface area contributed by atoms with Crippen LogP contribution >= 0.6 is 0 Å². The largest absolute Gasteiger partial charge is 0.381 e. The molecule has 0 saturated carbocycles. The summed E-state index contributed by atoms with van der Waals surface area (Å²) < 4.78 is 11.7. The topological polar surface area (TPSA) is 33.7 Å². The first-order valence-electron chi connectivity index (χ1n) is 9.05. The molecular formula is C17H30N2O2. The molecule has 0 aromatic heterocycles. The third-order valence-corrected chi connectivity index (χ3v) is 6.19. The van der Waals surface area contributed by atoms with Gasteiger partial charge in [0.1, 0.15) is 0 Å². The van der Waals surface area contributed by atoms with Crippen LogP contribution in [0.25, 0.3) is 0 Å². The Morgan fingerprint density at radius 2 is 1.86 bits per heavy atom. The minimum absolute atomic E-state index is 0.127. The molecular weight excluding hydrogens is 264 g/mol. The molecule has 4 heteroatoms. The summed E-state index contributed by atoms with van der Waals surface area (Å²) in [5, 5.41) is 3.99. The van der Waals surface area contributed by atoms with Crippen LogP contribution < -0.4 is 5.32 Å². The lowest BCUT2D eigenvalue weighted by Crippen LogP contribution is -2.54. The van der Waals surface area contributed by atoms with Crippen LogP contribution in [0, 0.1) is 0 Å². The molecule has 0 aromatic carbocycles. The Balaban J connectivity index is 1.32. The minimum atomic E-state index is 0.127. The molecule has 1 spiro atoms. The van der Waals surface area contributed by atoms with Gasteiger partial charge in [-0.15, -0.1) is 0 Å². The molecule has 4 rings (SSSR count). The second kappa shape index (κ2) is 6.15. The molecule has 4 nitrogen and oxygen atoms in total. The Labute approximate surface area is 128 Å². The third kappa shape index (κ3) is 3.14. The van der Waals surface area contributed by atoms with E-state index in [2.05, 4.69) is 10.2 Å². The van der Waals surface area contributed by atoms with Crippen LogP contribution in [-0.4, -0.2) is 61.5 Å². The summed E-state index contributed by atoms with van der Waals surface area (Å²) in [5.41, 5.74) is 0.127. The van der Waals surface area contributed by atoms with Crippen molar-refractivity contribution in [3.05, 3.63) is 0 Å². The van der Waals surface area contributed by atoms with Crippen molar-refractivity contribution in [3.8, 4) is 0 Å². The molecule has 0 amide bonds. The number of piperidine rings is 1. The van der Waals surface area contributed by atoms with Crippen LogP contribution in [0.3, 0.4) is 0 Å². The van der Waals surface area contributed by atoms with E-state index in [0.717, 1.165) is 44.7 Å². The number of rotatable bonds is 2. The second-order valence-corrected chi connectivity index (χ2v) is 7.55. The molecule has 4 aliphatic rings. The van der Waals surface area contributed by atoms with E-state index >= 15 is 0 Å². The smallest absolute Gasteiger partial charge is 0.0741 e. The van der Waals surface area contributed by atoms with Gasteiger partial charge in [0.2, 0.25) is 0 Å². The lowest BCUT2D eigenvalue weighted by atomic mass is 9.83. The Bertz CT molecular complexity index is 351. The summed E-state index contributed by atoms with van der Waals surface area (Å²) in [7, 11) is 0. The highest BCUT2D eigenvalue weighted by atomic mass is 16.5. The highest BCUT2D eigenvalue weighted by Crippen LogP contribution is 2.35. The zero-order chi connectivity index (χ0) is 14.1. The van der Waals surface area contributed by atoms with Crippen molar-refractivity contribution in [1.82, 2.24) is 10.2 Å². The molecule has 4 saturated heterocycles. The third-order valence-electron chi connectivity index (χ3n) is 6.19. The van der Waals surface area contributed by atoms with Gasteiger partial charge in [0, 0.05) is 37.9 Å². The fourth-order valence-electron chi connectivity index (χ4n) is 4.97. The van der Waals surface area contributed by atoms with Crippen LogP contribution in [0.5, 0.6) is 0 Å². The Hall–Kier alpha value is -0.160. The minimum Gasteiger partial charge on any atom is -0.381 e. The first-order chi connectivity index (χ1) is 10.3. The molecule has 0 aromatic rings. The van der Waals surface area contributed by atoms with Crippen molar-refractivity contribution in [2.75, 3.05) is 32.9 Å². The van der Waals surface area contributed by atoms with Crippen molar-refractivity contribution in [2.24, 2.45) is 0 Å². The maximum Gasteiger partial charge on any atom is 0.0741 e. The number of fused-ring (bicyclic) bond motifs is 1. The molecule has 120 valence electrons. The summed E-state index contributed by atoms with van der Waals surface area (Å²) in [4.78, 5) is 2.71. The van der Waals surface area contributed by atoms with Crippen LogP contribution in [0.15, 0.2) is 0 Å². The normalized spacial score (nSPS) is 40.3. The predicted octanol–water partition coefficient (Wildman–Crippen LogP) is 1.93. The Morgan fingerprint density at radius 1 is 0.952 bits per heavy atom. The summed E-state index contributed by atoms with van der Waals surface area (Å²) in [6, 6.07) is 2.27. The average Bonchev–Trinajstić information content (AvgIpc) is 2.96. The van der Waals surface area contributed by atoms with E-state index in [1.807, 2.05) is 0 Å². The van der Waals surface area contributed by atoms with Gasteiger partial charge in [0.25, 0.3) is 0 Å². The van der Waals surface area contributed by atoms with Gasteiger partial charge < -0.3 is 19.7 Å². The predicted molar refractivity (Wildman–Crippen MR) is 82.5 cm³/mol. The summed E-state index contributed by atoms with van der Waals surface area (Å²) in [6.07, 6.45) is 10.1. The van der Waals surface area contributed by atoms with E-state index in [9.17, 15) is 0 Å². The fraction of sp³-hybridized carbons (Fsp3) is 1.00. The van der Waals surface area contributed by atoms with Crippen molar-refractivity contribution in [2.45, 2.75) is 75.1 Å². The first-order valence-corrected chi connectivity index (χ1v) is 9.05. The van der Waals surface area contributed by atoms with Crippen LogP contribution in [-0.2, 0) is 9.47 Å². The van der Waals surface area contributed by atoms with Gasteiger partial charge in [-0.25, -0.2) is 0 Å². The van der Waals surface area contributed by atoms with Gasteiger partial charge >= 0.3 is 0 Å². The number of hydrogen-bond acceptors (Lipinski definition) is 4. The average molecular weight is 294 g/mol. The van der Waals surface area contributed by atoms with E-state index in [-0.39, 0.29) is 5.60 Å². The van der Waals surface area contributed by atoms with Crippen molar-refractivity contribution in [1.29, 1.82) is 0 Å². The highest BCUT2D eigenvalue weighted by molar-refractivity contribution is 4.95. The zero-order valence-electron chi connectivity index (χ0n) is 13.2. The lowest BCUT2D eigenvalue weighted by molar-refractivity contribution is -0.141. The quantitative estimate of drug-likeness (QED) is 0.844. The number of hydrogen-bond donors (Lipinski definition) is 1. The molecule has 21 heavy (non-hydrogen) atoms. The van der Waals surface area contributed by atoms with E-state index in [4.69, 9.17) is 9.47 Å². The summed E-state index contributed by atoms with van der Waals surface area (Å²) in [5.74, 6) is 0. The van der Waals surface area contributed by atoms with Crippen molar-refractivity contribution < 1.29 is 9.47 Å². The molecule has 0 bridgehead atoms. The van der Waals surface area contributed by atoms with Crippen molar-refractivity contribution in [3.63, 3.8) is 0 Å². The second-order valence-electron chi connectivity index (χ2n) is 7.55. The number of nitrogens with zero attached hydrogens (tertiary/aromatic N) is 1. The van der Waals surface area contributed by atoms with Crippen molar-refractivity contribution >= 4 is 0 Å². The SMILES string of the molecule is C1CC2CC(NC3CCOC4(CCOCC4)C3)CCN2C1. The molecule has 4 aliphatic heterocycles. The van der Waals surface area contributed by atoms with Crippen LogP contribution in [0.2, 0.25) is 0 Å². The summed E-state index contributed by atoms with van der Waals surface area (Å²) >= 11 is 0. The highest BCUT2D eigenvalue weighted by Gasteiger charge is 2.40. The molecule has 0 radical (unpaired) electrons. The van der Waals surface area contributed by atoms with Gasteiger partial charge in [-0.2, -0.15) is 0 Å². The maximum absolute atomic E-state index is 6.17. The molecule has 4 heterocycles. The van der Waals surface area contributed by atoms with Gasteiger partial charge in [-0.3, -0.25) is 0 Å². The van der Waals surface area contributed by atoms with Gasteiger partial charge in [-0.05, 0) is 64.5 Å². The molecule has 0 aliphatic carbocycles. The number of ether oxygens (including phenoxy) is 2. The monoisotopic (exact) mass is 294 g/mol. The Morgan fingerprint density at radius 3 is 2.76 bits per heavy atom. The Kier molecular flexibility index (Phi) is 4.23. The molecule has 3 unspecified atom stereocenters. The standard InChI is InChI=1S/C17H30N2O2/c1-2-16-12-14(3-8-19(16)7-1)18-15-4-9-21-17(13-15)5-10-20-11-6-17/h14-16,18H,1-13H2. The fourth-order valence-corrected chi connectivity index (χ4v) is 4.97. The molecule has 3 atom stereocenters. The first kappa shape index (κ1) is 14.4. The van der Waals surface area contributed by atoms with E-state index in [1.54, 1.807) is 0 Å². The van der Waals surface area contributed by atoms with E-state index < -0.39 is 0 Å². The molecule has 4 fully saturated rings. The van der Waals surface area contributed by atoms with Crippen LogP contribution in [0.1, 0.15) is 51.4 Å². The van der Waals surface area contributed by atoms with E-state index in [0.29, 0.717) is 6.04 Å². The number of nitrogens with one attached hydrogen (secondary N) is 1. The van der Waals surface area contributed by atoms with E-state index in [1.165, 1.54) is 51.6 Å².